The molecule has 0 N–H and O–H groups in total. The smallest absolute Gasteiger partial charge is 0.110 e. The van der Waals surface area contributed by atoms with Gasteiger partial charge in [0.05, 0.1) is 19.6 Å². The minimum atomic E-state index is 0.567. The van der Waals surface area contributed by atoms with E-state index in [1.54, 1.807) is 11.9 Å². The third-order valence-corrected chi connectivity index (χ3v) is 11.3. The van der Waals surface area contributed by atoms with Crippen molar-refractivity contribution in [1.82, 2.24) is 0 Å². The zero-order valence-electron chi connectivity index (χ0n) is 59.5. The van der Waals surface area contributed by atoms with Crippen molar-refractivity contribution in [1.29, 1.82) is 0 Å². The number of hydrogen-bond donors (Lipinski definition) is 0. The van der Waals surface area contributed by atoms with Crippen molar-refractivity contribution >= 4 is 42.1 Å². The van der Waals surface area contributed by atoms with Crippen LogP contribution in [0.25, 0.3) is 0 Å². The summed E-state index contributed by atoms with van der Waals surface area (Å²) in [5, 5.41) is 0. The van der Waals surface area contributed by atoms with Crippen LogP contribution in [0.15, 0.2) is 130 Å². The van der Waals surface area contributed by atoms with Gasteiger partial charge in [0.25, 0.3) is 0 Å². The summed E-state index contributed by atoms with van der Waals surface area (Å²) in [7, 11) is 0. The van der Waals surface area contributed by atoms with Crippen LogP contribution in [0, 0.1) is 47.3 Å². The lowest BCUT2D eigenvalue weighted by Gasteiger charge is -2.02. The second kappa shape index (κ2) is 70.7. The predicted molar refractivity (Wildman–Crippen MR) is 381 cm³/mol. The highest BCUT2D eigenvalue weighted by Crippen LogP contribution is 2.19. The van der Waals surface area contributed by atoms with E-state index < -0.39 is 0 Å². The molecule has 0 fully saturated rings. The van der Waals surface area contributed by atoms with Crippen LogP contribution >= 0.6 is 0 Å². The van der Waals surface area contributed by atoms with Gasteiger partial charge >= 0.3 is 0 Å². The van der Waals surface area contributed by atoms with Crippen LogP contribution in [0.2, 0.25) is 0 Å². The van der Waals surface area contributed by atoms with Crippen LogP contribution in [-0.2, 0) is 0 Å². The van der Waals surface area contributed by atoms with Gasteiger partial charge < -0.3 is 0 Å². The fourth-order valence-corrected chi connectivity index (χ4v) is 6.44. The van der Waals surface area contributed by atoms with Gasteiger partial charge in [0.15, 0.2) is 0 Å². The Bertz CT molecular complexity index is 1580. The number of aliphatic imine (C=N–C) groups is 7. The van der Waals surface area contributed by atoms with E-state index >= 15 is 0 Å². The lowest BCUT2D eigenvalue weighted by molar-refractivity contribution is 0.753. The van der Waals surface area contributed by atoms with Gasteiger partial charge in [0.1, 0.15) is 6.34 Å². The van der Waals surface area contributed by atoms with Gasteiger partial charge in [-0.1, -0.05) is 276 Å². The maximum absolute atomic E-state index is 4.35. The van der Waals surface area contributed by atoms with Crippen LogP contribution in [0.5, 0.6) is 0 Å². The molecule has 0 aromatic heterocycles. The molecule has 0 saturated heterocycles. The molecule has 6 heterocycles. The van der Waals surface area contributed by atoms with Crippen LogP contribution in [0.1, 0.15) is 260 Å². The third-order valence-electron chi connectivity index (χ3n) is 11.3. The highest BCUT2D eigenvalue weighted by molar-refractivity contribution is 5.97. The first-order chi connectivity index (χ1) is 38.4. The van der Waals surface area contributed by atoms with Crippen molar-refractivity contribution in [3.05, 3.63) is 94.9 Å². The zero-order valence-corrected chi connectivity index (χ0v) is 59.5. The summed E-state index contributed by atoms with van der Waals surface area (Å²) in [6, 6.07) is 0. The van der Waals surface area contributed by atoms with Crippen LogP contribution in [-0.4, -0.2) is 68.3 Å². The molecule has 0 bridgehead atoms. The minimum absolute atomic E-state index is 0.567. The van der Waals surface area contributed by atoms with Crippen molar-refractivity contribution in [2.24, 2.45) is 82.3 Å². The largest absolute Gasteiger partial charge is 0.294 e. The first kappa shape index (κ1) is 92.1. The zero-order chi connectivity index (χ0) is 63.9. The van der Waals surface area contributed by atoms with Crippen molar-refractivity contribution in [2.45, 2.75) is 260 Å². The van der Waals surface area contributed by atoms with Gasteiger partial charge in [-0.15, -0.1) is 0 Å². The molecular weight excluding hydrogens is 975 g/mol. The summed E-state index contributed by atoms with van der Waals surface area (Å²) >= 11 is 0. The molecule has 6 aliphatic heterocycles. The minimum Gasteiger partial charge on any atom is -0.294 e. The molecule has 0 amide bonds. The molecule has 0 spiro atoms. The maximum atomic E-state index is 4.35. The van der Waals surface area contributed by atoms with E-state index in [4.69, 9.17) is 0 Å². The quantitative estimate of drug-likeness (QED) is 0.232. The van der Waals surface area contributed by atoms with E-state index in [1.807, 2.05) is 142 Å². The number of allylic oxidation sites excluding steroid dienone is 12. The van der Waals surface area contributed by atoms with E-state index in [9.17, 15) is 0 Å². The summed E-state index contributed by atoms with van der Waals surface area (Å²) in [6.07, 6.45) is 37.9. The molecule has 7 heteroatoms. The highest BCUT2D eigenvalue weighted by Gasteiger charge is 2.09. The number of nitrogens with zero attached hydrogens (tertiary/aromatic N) is 7. The second-order valence-corrected chi connectivity index (χ2v) is 19.4. The average molecular weight is 1110 g/mol. The molecule has 466 valence electrons. The Labute approximate surface area is 503 Å². The number of hydrogen-bond acceptors (Lipinski definition) is 7. The summed E-state index contributed by atoms with van der Waals surface area (Å²) in [6.45, 7) is 70.8. The summed E-state index contributed by atoms with van der Waals surface area (Å²) in [4.78, 5) is 28.7. The highest BCUT2D eigenvalue weighted by atomic mass is 14.9. The molecule has 0 unspecified atom stereocenters. The van der Waals surface area contributed by atoms with Gasteiger partial charge in [-0.05, 0) is 101 Å². The summed E-state index contributed by atoms with van der Waals surface area (Å²) in [5.74, 6) is 5.36. The Hall–Kier alpha value is -4.39. The Balaban J connectivity index is -0.000000119. The molecule has 0 radical (unpaired) electrons. The molecule has 0 saturated carbocycles. The summed E-state index contributed by atoms with van der Waals surface area (Å²) < 4.78 is 0. The molecule has 7 nitrogen and oxygen atoms in total. The van der Waals surface area contributed by atoms with E-state index in [2.05, 4.69) is 200 Å². The van der Waals surface area contributed by atoms with Crippen LogP contribution < -0.4 is 0 Å². The van der Waals surface area contributed by atoms with Gasteiger partial charge in [-0.3, -0.25) is 30.0 Å². The topological polar surface area (TPSA) is 86.5 Å². The fourth-order valence-electron chi connectivity index (χ4n) is 6.44. The van der Waals surface area contributed by atoms with Gasteiger partial charge in [-0.25, -0.2) is 4.99 Å². The fraction of sp³-hybridized carbons (Fsp3) is 0.685. The molecule has 80 heavy (non-hydrogen) atoms. The van der Waals surface area contributed by atoms with E-state index in [1.165, 1.54) is 58.7 Å². The van der Waals surface area contributed by atoms with Crippen molar-refractivity contribution in [3.8, 4) is 0 Å². The average Bonchev–Trinajstić information content (AvgIpc) is 4.34. The van der Waals surface area contributed by atoms with E-state index in [0.717, 1.165) is 51.4 Å². The normalized spacial score (nSPS) is 14.9. The van der Waals surface area contributed by atoms with Crippen LogP contribution in [0.3, 0.4) is 0 Å². The maximum Gasteiger partial charge on any atom is 0.110 e. The summed E-state index contributed by atoms with van der Waals surface area (Å²) in [5.41, 5.74) is 11.3. The van der Waals surface area contributed by atoms with Crippen molar-refractivity contribution < 1.29 is 0 Å². The Morgan fingerprint density at radius 3 is 1.16 bits per heavy atom. The molecule has 8 rings (SSSR count). The molecular formula is C73H139N7. The SMILES string of the molecule is CC.CC.CC.CC.CC.CC.CC.CC.CC(C)C1=CC=CC1.CC(C)C1=CC=NC1.CC(C)C1=CCC=C1.CC(C)C1=CCN=C1.CC(C)C1=CN=CC1.CC(C)C1=NC=CC1.CC(C)C1=NC=NC1.CC(C)C1=NCCC1. The Morgan fingerprint density at radius 2 is 0.963 bits per heavy atom. The molecule has 2 aliphatic carbocycles. The molecule has 0 aromatic carbocycles. The van der Waals surface area contributed by atoms with E-state index in [0.29, 0.717) is 41.4 Å². The monoisotopic (exact) mass is 1110 g/mol. The predicted octanol–water partition coefficient (Wildman–Crippen LogP) is 23.6. The van der Waals surface area contributed by atoms with Crippen molar-refractivity contribution in [3.63, 3.8) is 0 Å². The van der Waals surface area contributed by atoms with Crippen LogP contribution in [0.4, 0.5) is 0 Å². The second-order valence-electron chi connectivity index (χ2n) is 19.4. The Kier molecular flexibility index (Phi) is 81.4. The van der Waals surface area contributed by atoms with Gasteiger partial charge in [-0.2, -0.15) is 0 Å². The first-order valence-electron chi connectivity index (χ1n) is 32.5. The Morgan fingerprint density at radius 1 is 0.425 bits per heavy atom. The molecule has 0 aromatic rings. The van der Waals surface area contributed by atoms with E-state index in [-0.39, 0.29) is 0 Å². The lowest BCUT2D eigenvalue weighted by Crippen LogP contribution is -2.07. The lowest BCUT2D eigenvalue weighted by atomic mass is 10.0. The third kappa shape index (κ3) is 55.5. The van der Waals surface area contributed by atoms with Gasteiger partial charge in [0.2, 0.25) is 0 Å². The molecule has 0 atom stereocenters. The first-order valence-corrected chi connectivity index (χ1v) is 32.5. The van der Waals surface area contributed by atoms with Crippen molar-refractivity contribution in [2.75, 3.05) is 26.2 Å². The standard InChI is InChI=1S/2C8H12.3C7H11N.C7H13N.C7H11N.C6H10N2.8C2H6/c2*1-7(2)8-5-3-4-6-8;3*1-6(2)7-3-4-8-5-7;2*1-6(2)7-4-3-5-8-7;1-5(2)6-3-7-4-8-6;8*1-2/h3,5-7H,4H2,1-2H3;3-5,7H,6H2,1-2H3;4-6H,3H2,1-2H3;3,5-6H,4H2,1-2H3;3-4,6H,5H2,1-2H3;6H,3-5H2,1-2H3;3,5-6H,4H2,1-2H3;4-5H,3H2,1-2H3;8*1-2H3. The number of rotatable bonds is 8. The van der Waals surface area contributed by atoms with Gasteiger partial charge in [0, 0.05) is 67.6 Å². The molecule has 8 aliphatic rings.